The Balaban J connectivity index is 1.66. The Morgan fingerprint density at radius 2 is 1.96 bits per heavy atom. The standard InChI is InChI=1S/C18H19F3N2O3S2/c19-18(20,21)15-7-2-1-5-13(15)11-22-17(24)14-6-3-9-23(12-14)28(25,26)16-8-4-10-27-16/h1-2,4-5,7-8,10,14H,3,6,9,11-12H2,(H,22,24). The maximum absolute atomic E-state index is 13.1. The number of carbonyl (C=O) groups excluding carboxylic acids is 1. The summed E-state index contributed by atoms with van der Waals surface area (Å²) in [4.78, 5) is 12.5. The average molecular weight is 432 g/mol. The summed E-state index contributed by atoms with van der Waals surface area (Å²) in [5.41, 5.74) is -0.817. The molecule has 2 heterocycles. The van der Waals surface area contributed by atoms with Crippen LogP contribution in [0.3, 0.4) is 0 Å². The third-order valence-corrected chi connectivity index (χ3v) is 7.86. The second-order valence-corrected chi connectivity index (χ2v) is 9.62. The van der Waals surface area contributed by atoms with Gasteiger partial charge in [0.15, 0.2) is 0 Å². The smallest absolute Gasteiger partial charge is 0.352 e. The van der Waals surface area contributed by atoms with Crippen LogP contribution in [0, 0.1) is 5.92 Å². The molecule has 10 heteroatoms. The van der Waals surface area contributed by atoms with E-state index in [4.69, 9.17) is 0 Å². The summed E-state index contributed by atoms with van der Waals surface area (Å²) >= 11 is 1.11. The van der Waals surface area contributed by atoms with Crippen LogP contribution in [0.1, 0.15) is 24.0 Å². The first-order valence-corrected chi connectivity index (χ1v) is 11.0. The van der Waals surface area contributed by atoms with Gasteiger partial charge in [-0.25, -0.2) is 8.42 Å². The van der Waals surface area contributed by atoms with E-state index in [1.54, 1.807) is 11.4 Å². The first-order valence-electron chi connectivity index (χ1n) is 8.66. The fourth-order valence-corrected chi connectivity index (χ4v) is 5.86. The van der Waals surface area contributed by atoms with Gasteiger partial charge in [-0.05, 0) is 35.9 Å². The number of sulfonamides is 1. The second kappa shape index (κ2) is 8.22. The van der Waals surface area contributed by atoms with E-state index >= 15 is 0 Å². The molecule has 1 amide bonds. The molecule has 1 aromatic heterocycles. The number of piperidine rings is 1. The lowest BCUT2D eigenvalue weighted by atomic mass is 9.98. The molecule has 1 saturated heterocycles. The van der Waals surface area contributed by atoms with Crippen molar-refractivity contribution in [2.24, 2.45) is 5.92 Å². The van der Waals surface area contributed by atoms with Crippen molar-refractivity contribution in [1.82, 2.24) is 9.62 Å². The molecule has 0 spiro atoms. The molecule has 28 heavy (non-hydrogen) atoms. The van der Waals surface area contributed by atoms with Gasteiger partial charge in [-0.1, -0.05) is 24.3 Å². The maximum atomic E-state index is 13.1. The molecule has 0 aliphatic carbocycles. The van der Waals surface area contributed by atoms with E-state index in [1.807, 2.05) is 0 Å². The van der Waals surface area contributed by atoms with Gasteiger partial charge in [-0.3, -0.25) is 4.79 Å². The zero-order chi connectivity index (χ0) is 20.4. The maximum Gasteiger partial charge on any atom is 0.416 e. The third kappa shape index (κ3) is 4.56. The number of nitrogens with one attached hydrogen (secondary N) is 1. The molecule has 1 aromatic carbocycles. The molecule has 0 bridgehead atoms. The van der Waals surface area contributed by atoms with E-state index in [2.05, 4.69) is 5.32 Å². The number of hydrogen-bond donors (Lipinski definition) is 1. The predicted octanol–water partition coefficient (Wildman–Crippen LogP) is 3.48. The summed E-state index contributed by atoms with van der Waals surface area (Å²) in [6.45, 7) is 0.0800. The highest BCUT2D eigenvalue weighted by Gasteiger charge is 2.35. The highest BCUT2D eigenvalue weighted by atomic mass is 32.2. The van der Waals surface area contributed by atoms with Crippen LogP contribution < -0.4 is 5.32 Å². The van der Waals surface area contributed by atoms with Crippen molar-refractivity contribution in [2.45, 2.75) is 29.8 Å². The van der Waals surface area contributed by atoms with Gasteiger partial charge in [0.05, 0.1) is 11.5 Å². The van der Waals surface area contributed by atoms with E-state index in [0.29, 0.717) is 19.4 Å². The van der Waals surface area contributed by atoms with Gasteiger partial charge >= 0.3 is 6.18 Å². The van der Waals surface area contributed by atoms with E-state index in [1.165, 1.54) is 28.6 Å². The minimum absolute atomic E-state index is 0.0208. The first kappa shape index (κ1) is 20.8. The number of thiophene rings is 1. The van der Waals surface area contributed by atoms with Crippen LogP contribution in [-0.4, -0.2) is 31.7 Å². The van der Waals surface area contributed by atoms with Gasteiger partial charge < -0.3 is 5.32 Å². The van der Waals surface area contributed by atoms with Gasteiger partial charge in [-0.2, -0.15) is 17.5 Å². The first-order chi connectivity index (χ1) is 13.2. The molecule has 1 unspecified atom stereocenters. The number of halogens is 3. The second-order valence-electron chi connectivity index (χ2n) is 6.51. The van der Waals surface area contributed by atoms with Crippen LogP contribution in [0.25, 0.3) is 0 Å². The highest BCUT2D eigenvalue weighted by molar-refractivity contribution is 7.91. The Hall–Kier alpha value is -1.91. The molecule has 0 radical (unpaired) electrons. The summed E-state index contributed by atoms with van der Waals surface area (Å²) in [5.74, 6) is -1.04. The molecule has 3 rings (SSSR count). The van der Waals surface area contributed by atoms with Crippen LogP contribution >= 0.6 is 11.3 Å². The minimum Gasteiger partial charge on any atom is -0.352 e. The highest BCUT2D eigenvalue weighted by Crippen LogP contribution is 2.32. The zero-order valence-corrected chi connectivity index (χ0v) is 16.4. The van der Waals surface area contributed by atoms with Crippen LogP contribution in [0.2, 0.25) is 0 Å². The Labute approximate surface area is 165 Å². The van der Waals surface area contributed by atoms with E-state index in [0.717, 1.165) is 17.4 Å². The quantitative estimate of drug-likeness (QED) is 0.787. The van der Waals surface area contributed by atoms with E-state index in [-0.39, 0.29) is 22.9 Å². The van der Waals surface area contributed by atoms with Crippen LogP contribution in [0.15, 0.2) is 46.0 Å². The van der Waals surface area contributed by atoms with Crippen molar-refractivity contribution in [1.29, 1.82) is 0 Å². The fraction of sp³-hybridized carbons (Fsp3) is 0.389. The monoisotopic (exact) mass is 432 g/mol. The molecule has 1 fully saturated rings. The van der Waals surface area contributed by atoms with Crippen molar-refractivity contribution in [3.8, 4) is 0 Å². The lowest BCUT2D eigenvalue weighted by molar-refractivity contribution is -0.138. The topological polar surface area (TPSA) is 66.5 Å². The predicted molar refractivity (Wildman–Crippen MR) is 99.1 cm³/mol. The normalized spacial score (nSPS) is 18.8. The summed E-state index contributed by atoms with van der Waals surface area (Å²) in [5, 5.41) is 4.20. The number of alkyl halides is 3. The molecule has 1 N–H and O–H groups in total. The van der Waals surface area contributed by atoms with Crippen LogP contribution in [0.4, 0.5) is 13.2 Å². The Bertz CT molecular complexity index is 928. The molecule has 2 aromatic rings. The number of nitrogens with zero attached hydrogens (tertiary/aromatic N) is 1. The van der Waals surface area contributed by atoms with Crippen molar-refractivity contribution < 1.29 is 26.4 Å². The molecule has 0 saturated carbocycles. The van der Waals surface area contributed by atoms with Crippen molar-refractivity contribution in [3.05, 3.63) is 52.9 Å². The molecular weight excluding hydrogens is 413 g/mol. The SMILES string of the molecule is O=C(NCc1ccccc1C(F)(F)F)C1CCCN(S(=O)(=O)c2cccs2)C1. The van der Waals surface area contributed by atoms with Crippen LogP contribution in [0.5, 0.6) is 0 Å². The Morgan fingerprint density at radius 1 is 1.21 bits per heavy atom. The summed E-state index contributed by atoms with van der Waals surface area (Å²) < 4.78 is 65.9. The molecule has 152 valence electrons. The van der Waals surface area contributed by atoms with Gasteiger partial charge in [0.25, 0.3) is 10.0 Å². The van der Waals surface area contributed by atoms with Gasteiger partial charge in [0.1, 0.15) is 4.21 Å². The number of carbonyl (C=O) groups is 1. The Morgan fingerprint density at radius 3 is 2.64 bits per heavy atom. The number of benzene rings is 1. The fourth-order valence-electron chi connectivity index (χ4n) is 3.19. The van der Waals surface area contributed by atoms with Crippen molar-refractivity contribution in [3.63, 3.8) is 0 Å². The Kier molecular flexibility index (Phi) is 6.11. The minimum atomic E-state index is -4.50. The zero-order valence-electron chi connectivity index (χ0n) is 14.8. The lowest BCUT2D eigenvalue weighted by Gasteiger charge is -2.30. The summed E-state index contributed by atoms with van der Waals surface area (Å²) in [6, 6.07) is 8.21. The van der Waals surface area contributed by atoms with E-state index in [9.17, 15) is 26.4 Å². The largest absolute Gasteiger partial charge is 0.416 e. The van der Waals surface area contributed by atoms with Gasteiger partial charge in [-0.15, -0.1) is 11.3 Å². The van der Waals surface area contributed by atoms with Gasteiger partial charge in [0.2, 0.25) is 5.91 Å². The number of rotatable bonds is 5. The third-order valence-electron chi connectivity index (χ3n) is 4.62. The molecule has 1 atom stereocenters. The van der Waals surface area contributed by atoms with E-state index < -0.39 is 33.6 Å². The average Bonchev–Trinajstić information content (AvgIpc) is 3.21. The number of amides is 1. The van der Waals surface area contributed by atoms with Gasteiger partial charge in [0, 0.05) is 19.6 Å². The van der Waals surface area contributed by atoms with Crippen molar-refractivity contribution in [2.75, 3.05) is 13.1 Å². The van der Waals surface area contributed by atoms with Crippen LogP contribution in [-0.2, 0) is 27.5 Å². The van der Waals surface area contributed by atoms with Crippen molar-refractivity contribution >= 4 is 27.3 Å². The number of hydrogen-bond acceptors (Lipinski definition) is 4. The lowest BCUT2D eigenvalue weighted by Crippen LogP contribution is -2.45. The molecule has 1 aliphatic rings. The molecular formula is C18H19F3N2O3S2. The summed E-state index contributed by atoms with van der Waals surface area (Å²) in [7, 11) is -3.66. The summed E-state index contributed by atoms with van der Waals surface area (Å²) in [6.07, 6.45) is -3.50. The molecule has 1 aliphatic heterocycles. The molecule has 5 nitrogen and oxygen atoms in total.